The number of aryl methyl sites for hydroxylation is 1. The minimum atomic E-state index is -0.375. The normalized spacial score (nSPS) is 11.9. The van der Waals surface area contributed by atoms with Gasteiger partial charge in [-0.2, -0.15) is 5.10 Å². The van der Waals surface area contributed by atoms with Crippen LogP contribution in [0.25, 0.3) is 0 Å². The summed E-state index contributed by atoms with van der Waals surface area (Å²) in [5.74, 6) is 0.513. The van der Waals surface area contributed by atoms with Crippen LogP contribution in [0.15, 0.2) is 36.7 Å². The highest BCUT2D eigenvalue weighted by atomic mass is 16.5. The third kappa shape index (κ3) is 2.93. The van der Waals surface area contributed by atoms with Gasteiger partial charge in [0.2, 0.25) is 5.91 Å². The average molecular weight is 259 g/mol. The predicted molar refractivity (Wildman–Crippen MR) is 73.3 cm³/mol. The van der Waals surface area contributed by atoms with Crippen LogP contribution in [0.5, 0.6) is 5.75 Å². The van der Waals surface area contributed by atoms with Gasteiger partial charge in [-0.25, -0.2) is 0 Å². The maximum Gasteiger partial charge on any atom is 0.249 e. The molecule has 0 spiro atoms. The number of methoxy groups -OCH3 is 1. The van der Waals surface area contributed by atoms with Crippen molar-refractivity contribution in [2.24, 2.45) is 0 Å². The van der Waals surface area contributed by atoms with Crippen molar-refractivity contribution in [3.05, 3.63) is 42.2 Å². The summed E-state index contributed by atoms with van der Waals surface area (Å²) in [4.78, 5) is 12.2. The third-order valence-corrected chi connectivity index (χ3v) is 2.91. The predicted octanol–water partition coefficient (Wildman–Crippen LogP) is 2.40. The Morgan fingerprint density at radius 2 is 2.26 bits per heavy atom. The number of nitrogens with one attached hydrogen (secondary N) is 1. The molecule has 0 saturated heterocycles. The first-order chi connectivity index (χ1) is 9.11. The number of carbonyl (C=O) groups excluding carboxylic acids is 1. The molecule has 1 aromatic heterocycles. The molecule has 0 fully saturated rings. The number of hydrogen-bond acceptors (Lipinski definition) is 3. The largest absolute Gasteiger partial charge is 0.495 e. The van der Waals surface area contributed by atoms with E-state index in [0.717, 1.165) is 5.56 Å². The number of ether oxygens (including phenoxy) is 1. The van der Waals surface area contributed by atoms with Gasteiger partial charge < -0.3 is 10.1 Å². The Bertz CT molecular complexity index is 564. The smallest absolute Gasteiger partial charge is 0.249 e. The second kappa shape index (κ2) is 5.56. The molecule has 1 aromatic carbocycles. The van der Waals surface area contributed by atoms with Crippen LogP contribution in [0.4, 0.5) is 5.69 Å². The van der Waals surface area contributed by atoms with E-state index < -0.39 is 0 Å². The molecular weight excluding hydrogens is 242 g/mol. The molecule has 0 radical (unpaired) electrons. The first kappa shape index (κ1) is 13.1. The van der Waals surface area contributed by atoms with Crippen molar-refractivity contribution in [2.75, 3.05) is 12.4 Å². The lowest BCUT2D eigenvalue weighted by Crippen LogP contribution is -2.24. The summed E-state index contributed by atoms with van der Waals surface area (Å²) in [5.41, 5.74) is 1.73. The second-order valence-electron chi connectivity index (χ2n) is 4.36. The topological polar surface area (TPSA) is 56.1 Å². The highest BCUT2D eigenvalue weighted by Gasteiger charge is 2.16. The van der Waals surface area contributed by atoms with Crippen LogP contribution in [0.2, 0.25) is 0 Å². The molecule has 0 bridgehead atoms. The number of benzene rings is 1. The Morgan fingerprint density at radius 1 is 1.47 bits per heavy atom. The molecule has 1 amide bonds. The molecule has 100 valence electrons. The lowest BCUT2D eigenvalue weighted by atomic mass is 10.2. The van der Waals surface area contributed by atoms with Crippen LogP contribution in [0.1, 0.15) is 18.5 Å². The van der Waals surface area contributed by atoms with E-state index in [1.54, 1.807) is 37.2 Å². The summed E-state index contributed by atoms with van der Waals surface area (Å²) in [6.45, 7) is 3.76. The van der Waals surface area contributed by atoms with Gasteiger partial charge in [-0.3, -0.25) is 9.48 Å². The highest BCUT2D eigenvalue weighted by molar-refractivity contribution is 5.94. The molecule has 1 heterocycles. The quantitative estimate of drug-likeness (QED) is 0.917. The van der Waals surface area contributed by atoms with Crippen LogP contribution in [-0.2, 0) is 4.79 Å². The zero-order valence-electron chi connectivity index (χ0n) is 11.3. The lowest BCUT2D eigenvalue weighted by molar-refractivity contribution is -0.119. The maximum absolute atomic E-state index is 12.2. The molecule has 2 rings (SSSR count). The van der Waals surface area contributed by atoms with Gasteiger partial charge in [0.25, 0.3) is 0 Å². The summed E-state index contributed by atoms with van der Waals surface area (Å²) in [7, 11) is 1.58. The summed E-state index contributed by atoms with van der Waals surface area (Å²) in [6.07, 6.45) is 3.41. The minimum Gasteiger partial charge on any atom is -0.495 e. The highest BCUT2D eigenvalue weighted by Crippen LogP contribution is 2.25. The minimum absolute atomic E-state index is 0.132. The van der Waals surface area contributed by atoms with Gasteiger partial charge in [-0.05, 0) is 37.6 Å². The van der Waals surface area contributed by atoms with Crippen molar-refractivity contribution < 1.29 is 9.53 Å². The van der Waals surface area contributed by atoms with Crippen LogP contribution >= 0.6 is 0 Å². The molecule has 5 heteroatoms. The molecule has 0 saturated carbocycles. The molecule has 0 aliphatic carbocycles. The van der Waals surface area contributed by atoms with E-state index >= 15 is 0 Å². The van der Waals surface area contributed by atoms with E-state index in [4.69, 9.17) is 4.74 Å². The molecule has 0 aliphatic heterocycles. The molecular formula is C14H17N3O2. The molecule has 1 N–H and O–H groups in total. The van der Waals surface area contributed by atoms with Crippen molar-refractivity contribution in [1.29, 1.82) is 0 Å². The van der Waals surface area contributed by atoms with E-state index in [1.165, 1.54) is 0 Å². The average Bonchev–Trinajstić information content (AvgIpc) is 2.92. The zero-order valence-corrected chi connectivity index (χ0v) is 11.3. The first-order valence-corrected chi connectivity index (χ1v) is 6.06. The SMILES string of the molecule is COc1ccc(C)cc1NC(=O)C(C)n1cccn1. The number of carbonyl (C=O) groups is 1. The molecule has 5 nitrogen and oxygen atoms in total. The van der Waals surface area contributed by atoms with Gasteiger partial charge in [0, 0.05) is 12.4 Å². The van der Waals surface area contributed by atoms with Crippen LogP contribution in [0.3, 0.4) is 0 Å². The fourth-order valence-electron chi connectivity index (χ4n) is 1.79. The van der Waals surface area contributed by atoms with Crippen molar-refractivity contribution in [3.63, 3.8) is 0 Å². The van der Waals surface area contributed by atoms with Gasteiger partial charge >= 0.3 is 0 Å². The van der Waals surface area contributed by atoms with E-state index in [9.17, 15) is 4.79 Å². The number of aromatic nitrogens is 2. The number of nitrogens with zero attached hydrogens (tertiary/aromatic N) is 2. The first-order valence-electron chi connectivity index (χ1n) is 6.06. The maximum atomic E-state index is 12.2. The second-order valence-corrected chi connectivity index (χ2v) is 4.36. The Labute approximate surface area is 112 Å². The third-order valence-electron chi connectivity index (χ3n) is 2.91. The summed E-state index contributed by atoms with van der Waals surface area (Å²) in [6, 6.07) is 7.07. The van der Waals surface area contributed by atoms with Gasteiger partial charge in [0.05, 0.1) is 12.8 Å². The van der Waals surface area contributed by atoms with Crippen LogP contribution < -0.4 is 10.1 Å². The Balaban J connectivity index is 2.17. The van der Waals surface area contributed by atoms with Crippen LogP contribution in [0, 0.1) is 6.92 Å². The van der Waals surface area contributed by atoms with Crippen molar-refractivity contribution in [3.8, 4) is 5.75 Å². The van der Waals surface area contributed by atoms with Gasteiger partial charge in [-0.1, -0.05) is 6.07 Å². The van der Waals surface area contributed by atoms with Crippen molar-refractivity contribution in [2.45, 2.75) is 19.9 Å². The zero-order chi connectivity index (χ0) is 13.8. The number of hydrogen-bond donors (Lipinski definition) is 1. The van der Waals surface area contributed by atoms with Crippen molar-refractivity contribution in [1.82, 2.24) is 9.78 Å². The fourth-order valence-corrected chi connectivity index (χ4v) is 1.79. The molecule has 19 heavy (non-hydrogen) atoms. The number of rotatable bonds is 4. The molecule has 2 aromatic rings. The standard InChI is InChI=1S/C14H17N3O2/c1-10-5-6-13(19-3)12(9-10)16-14(18)11(2)17-8-4-7-15-17/h4-9,11H,1-3H3,(H,16,18). The summed E-state index contributed by atoms with van der Waals surface area (Å²) < 4.78 is 6.84. The van der Waals surface area contributed by atoms with E-state index in [1.807, 2.05) is 25.1 Å². The van der Waals surface area contributed by atoms with E-state index in [2.05, 4.69) is 10.4 Å². The van der Waals surface area contributed by atoms with Gasteiger partial charge in [0.1, 0.15) is 11.8 Å². The van der Waals surface area contributed by atoms with Crippen molar-refractivity contribution >= 4 is 11.6 Å². The van der Waals surface area contributed by atoms with Gasteiger partial charge in [-0.15, -0.1) is 0 Å². The summed E-state index contributed by atoms with van der Waals surface area (Å²) >= 11 is 0. The molecule has 1 atom stereocenters. The lowest BCUT2D eigenvalue weighted by Gasteiger charge is -2.15. The fraction of sp³-hybridized carbons (Fsp3) is 0.286. The Kier molecular flexibility index (Phi) is 3.85. The molecule has 0 aliphatic rings. The summed E-state index contributed by atoms with van der Waals surface area (Å²) in [5, 5.41) is 6.93. The monoisotopic (exact) mass is 259 g/mol. The Hall–Kier alpha value is -2.30. The number of anilines is 1. The number of amides is 1. The van der Waals surface area contributed by atoms with E-state index in [-0.39, 0.29) is 11.9 Å². The van der Waals surface area contributed by atoms with E-state index in [0.29, 0.717) is 11.4 Å². The van der Waals surface area contributed by atoms with Gasteiger partial charge in [0.15, 0.2) is 0 Å². The van der Waals surface area contributed by atoms with Crippen LogP contribution in [-0.4, -0.2) is 22.8 Å². The molecule has 1 unspecified atom stereocenters. The Morgan fingerprint density at radius 3 is 2.89 bits per heavy atom.